The van der Waals surface area contributed by atoms with Gasteiger partial charge in [-0.1, -0.05) is 12.1 Å². The van der Waals surface area contributed by atoms with Gasteiger partial charge in [0, 0.05) is 11.4 Å². The Bertz CT molecular complexity index is 1060. The zero-order valence-electron chi connectivity index (χ0n) is 13.2. The third kappa shape index (κ3) is 4.04. The molecule has 0 aliphatic rings. The first-order valence-corrected chi connectivity index (χ1v) is 12.2. The van der Waals surface area contributed by atoms with E-state index < -0.39 is 30.9 Å². The SMILES string of the molecule is O=S(=O)(NCC(c1cccs1)S(=O)(=O)c1cccs1)c1ccc(F)cc1. The molecule has 1 N–H and O–H groups in total. The first kappa shape index (κ1) is 19.2. The molecule has 0 bridgehead atoms. The average Bonchev–Trinajstić information content (AvgIpc) is 3.29. The summed E-state index contributed by atoms with van der Waals surface area (Å²) in [6.45, 7) is -0.319. The summed E-state index contributed by atoms with van der Waals surface area (Å²) in [6, 6.07) is 10.8. The summed E-state index contributed by atoms with van der Waals surface area (Å²) in [4.78, 5) is 0.414. The van der Waals surface area contributed by atoms with Crippen LogP contribution in [0.1, 0.15) is 10.1 Å². The summed E-state index contributed by atoms with van der Waals surface area (Å²) >= 11 is 2.33. The highest BCUT2D eigenvalue weighted by atomic mass is 32.2. The van der Waals surface area contributed by atoms with Crippen molar-refractivity contribution in [1.82, 2.24) is 4.72 Å². The van der Waals surface area contributed by atoms with Crippen LogP contribution in [0.4, 0.5) is 4.39 Å². The van der Waals surface area contributed by atoms with Crippen LogP contribution in [0.5, 0.6) is 0 Å². The summed E-state index contributed by atoms with van der Waals surface area (Å²) in [5.41, 5.74) is 0. The molecule has 138 valence electrons. The molecule has 3 rings (SSSR count). The lowest BCUT2D eigenvalue weighted by Crippen LogP contribution is -2.31. The Labute approximate surface area is 159 Å². The lowest BCUT2D eigenvalue weighted by Gasteiger charge is -2.16. The number of hydrogen-bond acceptors (Lipinski definition) is 6. The smallest absolute Gasteiger partial charge is 0.222 e. The minimum atomic E-state index is -3.97. The highest BCUT2D eigenvalue weighted by Crippen LogP contribution is 2.33. The Balaban J connectivity index is 1.89. The van der Waals surface area contributed by atoms with E-state index in [4.69, 9.17) is 0 Å². The lowest BCUT2D eigenvalue weighted by molar-refractivity contribution is 0.570. The van der Waals surface area contributed by atoms with Crippen LogP contribution in [-0.2, 0) is 19.9 Å². The maximum absolute atomic E-state index is 13.0. The maximum atomic E-state index is 13.0. The van der Waals surface area contributed by atoms with Crippen LogP contribution in [0.3, 0.4) is 0 Å². The van der Waals surface area contributed by atoms with E-state index in [2.05, 4.69) is 4.72 Å². The fraction of sp³-hybridized carbons (Fsp3) is 0.125. The summed E-state index contributed by atoms with van der Waals surface area (Å²) in [5.74, 6) is -0.555. The minimum Gasteiger partial charge on any atom is -0.222 e. The molecule has 5 nitrogen and oxygen atoms in total. The van der Waals surface area contributed by atoms with Crippen molar-refractivity contribution in [3.05, 3.63) is 70.0 Å². The number of hydrogen-bond donors (Lipinski definition) is 1. The Morgan fingerprint density at radius 2 is 1.58 bits per heavy atom. The molecule has 3 aromatic rings. The van der Waals surface area contributed by atoms with E-state index in [-0.39, 0.29) is 15.6 Å². The Hall–Kier alpha value is -1.59. The zero-order chi connectivity index (χ0) is 18.8. The van der Waals surface area contributed by atoms with Crippen LogP contribution in [0.15, 0.2) is 68.4 Å². The van der Waals surface area contributed by atoms with Crippen LogP contribution in [0, 0.1) is 5.82 Å². The Kier molecular flexibility index (Phi) is 5.58. The quantitative estimate of drug-likeness (QED) is 0.621. The van der Waals surface area contributed by atoms with E-state index in [1.54, 1.807) is 29.0 Å². The molecule has 1 atom stereocenters. The standard InChI is InChI=1S/C16H14FNO4S4/c17-12-5-7-13(8-6-12)26(21,22)18-11-15(14-3-1-9-23-14)25(19,20)16-4-2-10-24-16/h1-10,15,18H,11H2. The number of nitrogens with one attached hydrogen (secondary N) is 1. The zero-order valence-corrected chi connectivity index (χ0v) is 16.5. The molecular formula is C16H14FNO4S4. The molecule has 0 amide bonds. The van der Waals surface area contributed by atoms with E-state index in [0.717, 1.165) is 35.6 Å². The fourth-order valence-corrected chi connectivity index (χ4v) is 7.43. The summed E-state index contributed by atoms with van der Waals surface area (Å²) in [6.07, 6.45) is 0. The summed E-state index contributed by atoms with van der Waals surface area (Å²) in [5, 5.41) is 2.35. The molecule has 0 saturated carbocycles. The van der Waals surface area contributed by atoms with Gasteiger partial charge in [0.15, 0.2) is 9.84 Å². The van der Waals surface area contributed by atoms with Crippen LogP contribution >= 0.6 is 22.7 Å². The lowest BCUT2D eigenvalue weighted by atomic mass is 10.3. The monoisotopic (exact) mass is 431 g/mol. The highest BCUT2D eigenvalue weighted by Gasteiger charge is 2.32. The second-order valence-corrected chi connectivity index (χ2v) is 11.3. The molecular weight excluding hydrogens is 417 g/mol. The third-order valence-corrected chi connectivity index (χ3v) is 9.68. The Morgan fingerprint density at radius 3 is 2.15 bits per heavy atom. The molecule has 10 heteroatoms. The molecule has 0 radical (unpaired) electrons. The number of sulfonamides is 1. The number of halogens is 1. The van der Waals surface area contributed by atoms with Gasteiger partial charge >= 0.3 is 0 Å². The molecule has 2 aromatic heterocycles. The summed E-state index contributed by atoms with van der Waals surface area (Å²) in [7, 11) is -7.72. The molecule has 0 saturated heterocycles. The van der Waals surface area contributed by atoms with Crippen LogP contribution in [0.2, 0.25) is 0 Å². The van der Waals surface area contributed by atoms with Crippen LogP contribution in [0.25, 0.3) is 0 Å². The van der Waals surface area contributed by atoms with Gasteiger partial charge in [0.05, 0.1) is 4.90 Å². The molecule has 0 aliphatic carbocycles. The van der Waals surface area contributed by atoms with Crippen LogP contribution in [-0.4, -0.2) is 23.4 Å². The van der Waals surface area contributed by atoms with Gasteiger partial charge in [-0.3, -0.25) is 0 Å². The van der Waals surface area contributed by atoms with Gasteiger partial charge < -0.3 is 0 Å². The van der Waals surface area contributed by atoms with E-state index in [1.165, 1.54) is 17.4 Å². The van der Waals surface area contributed by atoms with Gasteiger partial charge in [-0.25, -0.2) is 25.9 Å². The van der Waals surface area contributed by atoms with Gasteiger partial charge in [0.1, 0.15) is 15.3 Å². The number of benzene rings is 1. The van der Waals surface area contributed by atoms with Gasteiger partial charge in [-0.15, -0.1) is 22.7 Å². The van der Waals surface area contributed by atoms with Crippen molar-refractivity contribution < 1.29 is 21.2 Å². The topological polar surface area (TPSA) is 80.3 Å². The highest BCUT2D eigenvalue weighted by molar-refractivity contribution is 7.94. The van der Waals surface area contributed by atoms with E-state index >= 15 is 0 Å². The molecule has 1 aromatic carbocycles. The first-order chi connectivity index (χ1) is 12.3. The first-order valence-electron chi connectivity index (χ1n) is 7.37. The maximum Gasteiger partial charge on any atom is 0.240 e. The molecule has 2 heterocycles. The molecule has 0 fully saturated rings. The molecule has 1 unspecified atom stereocenters. The second-order valence-electron chi connectivity index (χ2n) is 5.29. The van der Waals surface area contributed by atoms with Crippen molar-refractivity contribution in [3.63, 3.8) is 0 Å². The van der Waals surface area contributed by atoms with Crippen molar-refractivity contribution in [3.8, 4) is 0 Å². The average molecular weight is 432 g/mol. The number of sulfone groups is 1. The minimum absolute atomic E-state index is 0.127. The van der Waals surface area contributed by atoms with Crippen LogP contribution < -0.4 is 4.72 Å². The van der Waals surface area contributed by atoms with Crippen molar-refractivity contribution >= 4 is 42.5 Å². The van der Waals surface area contributed by atoms with Crippen molar-refractivity contribution in [2.75, 3.05) is 6.54 Å². The number of rotatable bonds is 7. The van der Waals surface area contributed by atoms with E-state index in [9.17, 15) is 21.2 Å². The predicted molar refractivity (Wildman–Crippen MR) is 100 cm³/mol. The van der Waals surface area contributed by atoms with Gasteiger partial charge in [0.25, 0.3) is 0 Å². The molecule has 0 aliphatic heterocycles. The normalized spacial score (nSPS) is 13.6. The fourth-order valence-electron chi connectivity index (χ4n) is 2.29. The second kappa shape index (κ2) is 7.57. The largest absolute Gasteiger partial charge is 0.240 e. The van der Waals surface area contributed by atoms with Crippen molar-refractivity contribution in [2.45, 2.75) is 14.4 Å². The van der Waals surface area contributed by atoms with Crippen molar-refractivity contribution in [2.24, 2.45) is 0 Å². The molecule has 0 spiro atoms. The predicted octanol–water partition coefficient (Wildman–Crippen LogP) is 3.44. The molecule has 26 heavy (non-hydrogen) atoms. The van der Waals surface area contributed by atoms with Gasteiger partial charge in [0.2, 0.25) is 10.0 Å². The number of thiophene rings is 2. The third-order valence-electron chi connectivity index (χ3n) is 3.59. The van der Waals surface area contributed by atoms with E-state index in [0.29, 0.717) is 4.88 Å². The summed E-state index contributed by atoms with van der Waals surface area (Å²) < 4.78 is 66.2. The van der Waals surface area contributed by atoms with Gasteiger partial charge in [-0.05, 0) is 47.2 Å². The Morgan fingerprint density at radius 1 is 0.923 bits per heavy atom. The van der Waals surface area contributed by atoms with Gasteiger partial charge in [-0.2, -0.15) is 0 Å². The van der Waals surface area contributed by atoms with Crippen molar-refractivity contribution in [1.29, 1.82) is 0 Å². The van der Waals surface area contributed by atoms with E-state index in [1.807, 2.05) is 0 Å².